The van der Waals surface area contributed by atoms with Crippen LogP contribution in [-0.4, -0.2) is 22.3 Å². The number of amides is 1. The van der Waals surface area contributed by atoms with E-state index in [1.54, 1.807) is 6.07 Å². The van der Waals surface area contributed by atoms with Crippen molar-refractivity contribution < 1.29 is 9.18 Å². The minimum atomic E-state index is -0.234. The smallest absolute Gasteiger partial charge is 0.222 e. The van der Waals surface area contributed by atoms with Gasteiger partial charge in [0, 0.05) is 48.1 Å². The van der Waals surface area contributed by atoms with Crippen molar-refractivity contribution in [2.75, 3.05) is 6.54 Å². The van der Waals surface area contributed by atoms with Crippen molar-refractivity contribution in [3.05, 3.63) is 35.3 Å². The van der Waals surface area contributed by atoms with Gasteiger partial charge in [-0.05, 0) is 18.2 Å². The van der Waals surface area contributed by atoms with Gasteiger partial charge in [0.25, 0.3) is 0 Å². The maximum Gasteiger partial charge on any atom is 0.222 e. The van der Waals surface area contributed by atoms with Crippen LogP contribution >= 0.6 is 0 Å². The van der Waals surface area contributed by atoms with E-state index in [0.717, 1.165) is 35.1 Å². The molecule has 1 aromatic heterocycles. The molecule has 2 heterocycles. The van der Waals surface area contributed by atoms with Gasteiger partial charge in [0.2, 0.25) is 5.91 Å². The fourth-order valence-electron chi connectivity index (χ4n) is 2.63. The summed E-state index contributed by atoms with van der Waals surface area (Å²) in [5.41, 5.74) is 3.10. The summed E-state index contributed by atoms with van der Waals surface area (Å²) < 4.78 is 13.2. The second kappa shape index (κ2) is 4.12. The average molecular weight is 246 g/mol. The molecule has 4 heteroatoms. The topological polar surface area (TPSA) is 36.1 Å². The Balaban J connectivity index is 2.04. The molecular formula is C14H15FN2O. The Labute approximate surface area is 105 Å². The number of halogens is 1. The number of nitrogens with one attached hydrogen (secondary N) is 1. The maximum absolute atomic E-state index is 13.2. The summed E-state index contributed by atoms with van der Waals surface area (Å²) in [6.45, 7) is 3.26. The van der Waals surface area contributed by atoms with Gasteiger partial charge in [0.05, 0.1) is 0 Å². The molecule has 2 aromatic rings. The number of hydrogen-bond donors (Lipinski definition) is 1. The first-order valence-electron chi connectivity index (χ1n) is 6.25. The lowest BCUT2D eigenvalue weighted by molar-refractivity contribution is -0.131. The van der Waals surface area contributed by atoms with E-state index in [-0.39, 0.29) is 11.7 Å². The zero-order valence-corrected chi connectivity index (χ0v) is 10.3. The van der Waals surface area contributed by atoms with Crippen molar-refractivity contribution in [2.45, 2.75) is 26.3 Å². The molecule has 0 unspecified atom stereocenters. The molecule has 1 N–H and O–H groups in total. The number of carbonyl (C=O) groups excluding carboxylic acids is 1. The minimum Gasteiger partial charge on any atom is -0.358 e. The monoisotopic (exact) mass is 246 g/mol. The minimum absolute atomic E-state index is 0.178. The zero-order valence-electron chi connectivity index (χ0n) is 10.3. The van der Waals surface area contributed by atoms with Crippen LogP contribution in [0.1, 0.15) is 24.6 Å². The fraction of sp³-hybridized carbons (Fsp3) is 0.357. The Morgan fingerprint density at radius 2 is 2.33 bits per heavy atom. The number of rotatable bonds is 1. The van der Waals surface area contributed by atoms with Crippen molar-refractivity contribution in [1.82, 2.24) is 9.88 Å². The third kappa shape index (κ3) is 1.68. The van der Waals surface area contributed by atoms with Gasteiger partial charge >= 0.3 is 0 Å². The van der Waals surface area contributed by atoms with Crippen LogP contribution in [0.5, 0.6) is 0 Å². The molecule has 1 aliphatic heterocycles. The zero-order chi connectivity index (χ0) is 12.7. The van der Waals surface area contributed by atoms with Crippen LogP contribution in [0.4, 0.5) is 4.39 Å². The van der Waals surface area contributed by atoms with Gasteiger partial charge < -0.3 is 9.88 Å². The quantitative estimate of drug-likeness (QED) is 0.825. The summed E-state index contributed by atoms with van der Waals surface area (Å²) in [5.74, 6) is -0.0558. The first kappa shape index (κ1) is 11.3. The van der Waals surface area contributed by atoms with E-state index in [1.165, 1.54) is 12.1 Å². The Hall–Kier alpha value is -1.84. The van der Waals surface area contributed by atoms with E-state index in [0.29, 0.717) is 13.0 Å². The summed E-state index contributed by atoms with van der Waals surface area (Å²) in [6, 6.07) is 4.77. The Morgan fingerprint density at radius 1 is 1.50 bits per heavy atom. The van der Waals surface area contributed by atoms with E-state index in [2.05, 4.69) is 4.98 Å². The highest BCUT2D eigenvalue weighted by Gasteiger charge is 2.22. The molecule has 0 saturated carbocycles. The van der Waals surface area contributed by atoms with Gasteiger partial charge in [0.1, 0.15) is 5.82 Å². The van der Waals surface area contributed by atoms with Crippen molar-refractivity contribution in [2.24, 2.45) is 0 Å². The maximum atomic E-state index is 13.2. The van der Waals surface area contributed by atoms with Crippen LogP contribution < -0.4 is 0 Å². The highest BCUT2D eigenvalue weighted by Crippen LogP contribution is 2.28. The lowest BCUT2D eigenvalue weighted by Crippen LogP contribution is -2.35. The third-order valence-electron chi connectivity index (χ3n) is 3.59. The third-order valence-corrected chi connectivity index (χ3v) is 3.59. The predicted octanol–water partition coefficient (Wildman–Crippen LogP) is 2.60. The van der Waals surface area contributed by atoms with Gasteiger partial charge in [0.15, 0.2) is 0 Å². The first-order valence-corrected chi connectivity index (χ1v) is 6.25. The normalized spacial score (nSPS) is 14.9. The standard InChI is InChI=1S/C14H15FN2O/c1-2-14(18)17-6-5-12-11(8-17)10-4-3-9(15)7-13(10)16-12/h3-4,7,16H,2,5-6,8H2,1H3. The Bertz CT molecular complexity index is 618. The molecule has 1 aromatic carbocycles. The molecule has 18 heavy (non-hydrogen) atoms. The predicted molar refractivity (Wildman–Crippen MR) is 67.7 cm³/mol. The van der Waals surface area contributed by atoms with Crippen molar-refractivity contribution in [1.29, 1.82) is 0 Å². The number of fused-ring (bicyclic) bond motifs is 3. The first-order chi connectivity index (χ1) is 8.69. The largest absolute Gasteiger partial charge is 0.358 e. The lowest BCUT2D eigenvalue weighted by Gasteiger charge is -2.26. The number of benzene rings is 1. The van der Waals surface area contributed by atoms with Crippen LogP contribution in [-0.2, 0) is 17.8 Å². The molecular weight excluding hydrogens is 231 g/mol. The molecule has 94 valence electrons. The molecule has 3 nitrogen and oxygen atoms in total. The van der Waals surface area contributed by atoms with E-state index < -0.39 is 0 Å². The van der Waals surface area contributed by atoms with Crippen LogP contribution in [0.25, 0.3) is 10.9 Å². The molecule has 3 rings (SSSR count). The van der Waals surface area contributed by atoms with Crippen LogP contribution in [0.3, 0.4) is 0 Å². The highest BCUT2D eigenvalue weighted by molar-refractivity contribution is 5.86. The summed E-state index contributed by atoms with van der Waals surface area (Å²) in [7, 11) is 0. The van der Waals surface area contributed by atoms with E-state index in [1.807, 2.05) is 11.8 Å². The highest BCUT2D eigenvalue weighted by atomic mass is 19.1. The number of nitrogens with zero attached hydrogens (tertiary/aromatic N) is 1. The number of hydrogen-bond acceptors (Lipinski definition) is 1. The Kier molecular flexibility index (Phi) is 2.58. The van der Waals surface area contributed by atoms with Crippen LogP contribution in [0.2, 0.25) is 0 Å². The second-order valence-electron chi connectivity index (χ2n) is 4.69. The van der Waals surface area contributed by atoms with Gasteiger partial charge in [-0.2, -0.15) is 0 Å². The summed E-state index contributed by atoms with van der Waals surface area (Å²) >= 11 is 0. The van der Waals surface area contributed by atoms with Crippen molar-refractivity contribution in [3.63, 3.8) is 0 Å². The number of aromatic nitrogens is 1. The van der Waals surface area contributed by atoms with Crippen LogP contribution in [0, 0.1) is 5.82 Å². The molecule has 1 aliphatic rings. The molecule has 0 spiro atoms. The molecule has 0 bridgehead atoms. The second-order valence-corrected chi connectivity index (χ2v) is 4.69. The van der Waals surface area contributed by atoms with E-state index in [4.69, 9.17) is 0 Å². The van der Waals surface area contributed by atoms with Gasteiger partial charge in [-0.1, -0.05) is 6.92 Å². The molecule has 0 aliphatic carbocycles. The van der Waals surface area contributed by atoms with Gasteiger partial charge in [-0.15, -0.1) is 0 Å². The van der Waals surface area contributed by atoms with Crippen LogP contribution in [0.15, 0.2) is 18.2 Å². The van der Waals surface area contributed by atoms with E-state index in [9.17, 15) is 9.18 Å². The summed E-state index contributed by atoms with van der Waals surface area (Å²) in [5, 5.41) is 1.03. The molecule has 1 amide bonds. The number of carbonyl (C=O) groups is 1. The number of H-pyrrole nitrogens is 1. The molecule has 0 radical (unpaired) electrons. The average Bonchev–Trinajstić information content (AvgIpc) is 2.74. The Morgan fingerprint density at radius 3 is 3.11 bits per heavy atom. The lowest BCUT2D eigenvalue weighted by atomic mass is 10.0. The van der Waals surface area contributed by atoms with Crippen molar-refractivity contribution in [3.8, 4) is 0 Å². The van der Waals surface area contributed by atoms with E-state index >= 15 is 0 Å². The van der Waals surface area contributed by atoms with Gasteiger partial charge in [-0.3, -0.25) is 4.79 Å². The summed E-state index contributed by atoms with van der Waals surface area (Å²) in [4.78, 5) is 16.9. The van der Waals surface area contributed by atoms with Gasteiger partial charge in [-0.25, -0.2) is 4.39 Å². The number of aromatic amines is 1. The van der Waals surface area contributed by atoms with Crippen molar-refractivity contribution >= 4 is 16.8 Å². The summed E-state index contributed by atoms with van der Waals surface area (Å²) in [6.07, 6.45) is 1.35. The molecule has 0 atom stereocenters. The SMILES string of the molecule is CCC(=O)N1CCc2[nH]c3cc(F)ccc3c2C1. The molecule has 0 fully saturated rings. The fourth-order valence-corrected chi connectivity index (χ4v) is 2.63. The molecule has 0 saturated heterocycles.